The maximum atomic E-state index is 14.5. The maximum Gasteiger partial charge on any atom is 0.287 e. The molecule has 8 heteroatoms. The first kappa shape index (κ1) is 35.8. The summed E-state index contributed by atoms with van der Waals surface area (Å²) < 4.78 is 12.8. The Morgan fingerprint density at radius 2 is 1.74 bits per heavy atom. The van der Waals surface area contributed by atoms with Gasteiger partial charge in [0, 0.05) is 52.6 Å². The fraction of sp³-hybridized carbons (Fsp3) is 0.800. The molecule has 0 saturated heterocycles. The van der Waals surface area contributed by atoms with Crippen LogP contribution in [-0.2, 0) is 25.2 Å². The van der Waals surface area contributed by atoms with E-state index in [-0.39, 0.29) is 46.6 Å². The molecule has 1 amide bonds. The van der Waals surface area contributed by atoms with E-state index < -0.39 is 22.6 Å². The highest BCUT2D eigenvalue weighted by Gasteiger charge is 2.48. The summed E-state index contributed by atoms with van der Waals surface area (Å²) in [6.45, 7) is 12.8. The van der Waals surface area contributed by atoms with Gasteiger partial charge in [0.05, 0.1) is 11.7 Å². The van der Waals surface area contributed by atoms with E-state index in [9.17, 15) is 18.6 Å². The molecule has 6 atom stereocenters. The van der Waals surface area contributed by atoms with E-state index in [0.29, 0.717) is 30.8 Å². The second kappa shape index (κ2) is 16.6. The van der Waals surface area contributed by atoms with E-state index in [2.05, 4.69) is 55.5 Å². The van der Waals surface area contributed by atoms with Crippen LogP contribution < -0.4 is 16.0 Å². The second-order valence-corrected chi connectivity index (χ2v) is 15.4. The minimum Gasteiger partial charge on any atom is -0.353 e. The van der Waals surface area contributed by atoms with Gasteiger partial charge in [0.25, 0.3) is 5.91 Å². The van der Waals surface area contributed by atoms with Crippen LogP contribution in [0.3, 0.4) is 0 Å². The highest BCUT2D eigenvalue weighted by Crippen LogP contribution is 2.40. The minimum absolute atomic E-state index is 0.135. The Hall–Kier alpha value is -1.64. The SMILES string of the molecule is C=C(C[C@@H](CCCC)C(=O)C(=O)NC)[C@@H]1C=CCC1C(=O)[C@@H](NC1(NC2(CS(=O)CC)CCCCC2)CCC1)C(C)CC. The van der Waals surface area contributed by atoms with Gasteiger partial charge in [0.15, 0.2) is 5.78 Å². The number of allylic oxidation sites excluding steroid dienone is 3. The zero-order valence-corrected chi connectivity index (χ0v) is 28.4. The monoisotopic (exact) mass is 617 g/mol. The predicted molar refractivity (Wildman–Crippen MR) is 177 cm³/mol. The van der Waals surface area contributed by atoms with Crippen molar-refractivity contribution in [3.05, 3.63) is 24.3 Å². The number of ketones is 2. The van der Waals surface area contributed by atoms with Gasteiger partial charge in [-0.05, 0) is 57.3 Å². The van der Waals surface area contributed by atoms with Crippen molar-refractivity contribution >= 4 is 28.3 Å². The molecule has 2 saturated carbocycles. The molecule has 3 aliphatic rings. The molecule has 3 aliphatic carbocycles. The number of carbonyl (C=O) groups is 3. The normalized spacial score (nSPS) is 25.2. The number of hydrogen-bond acceptors (Lipinski definition) is 6. The standard InChI is InChI=1S/C35H59N3O4S/c1-7-10-16-27(31(39)33(41)36-6)23-26(5)28-17-14-18-29(28)32(40)30(25(4)8-2)37-35(21-15-22-35)38-34(24-43(42)9-3)19-12-11-13-20-34/h14,17,25,27-30,37-38H,5,7-13,15-16,18-24H2,1-4,6H3,(H,36,41)/t25?,27-,28+,29?,30+,43?/m1/s1. The number of carbonyl (C=O) groups excluding carboxylic acids is 3. The minimum atomic E-state index is -0.859. The van der Waals surface area contributed by atoms with E-state index in [4.69, 9.17) is 0 Å². The lowest BCUT2D eigenvalue weighted by Crippen LogP contribution is -2.73. The van der Waals surface area contributed by atoms with E-state index in [1.807, 2.05) is 6.92 Å². The smallest absolute Gasteiger partial charge is 0.287 e. The molecule has 43 heavy (non-hydrogen) atoms. The van der Waals surface area contributed by atoms with E-state index >= 15 is 0 Å². The van der Waals surface area contributed by atoms with Gasteiger partial charge in [-0.15, -0.1) is 0 Å². The average molecular weight is 618 g/mol. The third-order valence-electron chi connectivity index (χ3n) is 10.5. The molecule has 3 rings (SSSR count). The summed E-state index contributed by atoms with van der Waals surface area (Å²) >= 11 is 0. The number of amides is 1. The van der Waals surface area contributed by atoms with Crippen LogP contribution >= 0.6 is 0 Å². The van der Waals surface area contributed by atoms with Crippen LogP contribution in [0.1, 0.15) is 118 Å². The van der Waals surface area contributed by atoms with Crippen molar-refractivity contribution in [2.75, 3.05) is 18.6 Å². The molecular weight excluding hydrogens is 558 g/mol. The zero-order chi connectivity index (χ0) is 31.6. The van der Waals surface area contributed by atoms with Gasteiger partial charge >= 0.3 is 0 Å². The summed E-state index contributed by atoms with van der Waals surface area (Å²) in [7, 11) is 0.632. The molecule has 3 unspecified atom stereocenters. The Morgan fingerprint density at radius 3 is 2.30 bits per heavy atom. The van der Waals surface area contributed by atoms with E-state index in [0.717, 1.165) is 69.8 Å². The fourth-order valence-corrected chi connectivity index (χ4v) is 8.63. The van der Waals surface area contributed by atoms with Crippen LogP contribution in [-0.4, -0.2) is 57.5 Å². The molecule has 0 aromatic carbocycles. The Morgan fingerprint density at radius 1 is 1.05 bits per heavy atom. The summed E-state index contributed by atoms with van der Waals surface area (Å²) in [4.78, 5) is 39.6. The third kappa shape index (κ3) is 9.20. The van der Waals surface area contributed by atoms with Gasteiger partial charge in [0.2, 0.25) is 5.78 Å². The lowest BCUT2D eigenvalue weighted by molar-refractivity contribution is -0.140. The molecule has 0 bridgehead atoms. The number of likely N-dealkylation sites (N-methyl/N-ethyl adjacent to an activating group) is 1. The summed E-state index contributed by atoms with van der Waals surface area (Å²) in [5, 5.41) is 10.4. The van der Waals surface area contributed by atoms with Gasteiger partial charge in [-0.3, -0.25) is 29.2 Å². The number of hydrogen-bond donors (Lipinski definition) is 3. The maximum absolute atomic E-state index is 14.5. The summed E-state index contributed by atoms with van der Waals surface area (Å²) in [6.07, 6.45) is 17.2. The average Bonchev–Trinajstić information content (AvgIpc) is 3.49. The molecule has 244 valence electrons. The number of nitrogens with one attached hydrogen (secondary N) is 3. The molecule has 0 aliphatic heterocycles. The number of rotatable bonds is 19. The molecule has 0 aromatic rings. The lowest BCUT2D eigenvalue weighted by atomic mass is 9.74. The third-order valence-corrected chi connectivity index (χ3v) is 12.0. The highest BCUT2D eigenvalue weighted by atomic mass is 32.2. The molecule has 7 nitrogen and oxygen atoms in total. The predicted octanol–water partition coefficient (Wildman–Crippen LogP) is 5.76. The van der Waals surface area contributed by atoms with E-state index in [1.165, 1.54) is 13.5 Å². The van der Waals surface area contributed by atoms with Crippen LogP contribution in [0.2, 0.25) is 0 Å². The number of unbranched alkanes of at least 4 members (excludes halogenated alkanes) is 1. The van der Waals surface area contributed by atoms with Crippen molar-refractivity contribution in [3.8, 4) is 0 Å². The summed E-state index contributed by atoms with van der Waals surface area (Å²) in [6, 6.07) is -0.307. The van der Waals surface area contributed by atoms with Gasteiger partial charge in [-0.25, -0.2) is 0 Å². The molecule has 0 heterocycles. The first-order valence-corrected chi connectivity index (χ1v) is 18.6. The van der Waals surface area contributed by atoms with Crippen molar-refractivity contribution in [2.24, 2.45) is 23.7 Å². The lowest BCUT2D eigenvalue weighted by Gasteiger charge is -2.53. The first-order chi connectivity index (χ1) is 20.5. The molecule has 3 N–H and O–H groups in total. The van der Waals surface area contributed by atoms with Gasteiger partial charge in [0.1, 0.15) is 0 Å². The van der Waals surface area contributed by atoms with Crippen molar-refractivity contribution in [1.82, 2.24) is 16.0 Å². The van der Waals surface area contributed by atoms with Crippen molar-refractivity contribution in [2.45, 2.75) is 135 Å². The van der Waals surface area contributed by atoms with Crippen LogP contribution in [0.4, 0.5) is 0 Å². The molecular formula is C35H59N3O4S. The summed E-state index contributed by atoms with van der Waals surface area (Å²) in [5.74, 6) is 0.00296. The van der Waals surface area contributed by atoms with Gasteiger partial charge in [-0.2, -0.15) is 0 Å². The van der Waals surface area contributed by atoms with Crippen LogP contribution in [0.25, 0.3) is 0 Å². The van der Waals surface area contributed by atoms with Crippen LogP contribution in [0.15, 0.2) is 24.3 Å². The fourth-order valence-electron chi connectivity index (χ4n) is 7.45. The highest BCUT2D eigenvalue weighted by molar-refractivity contribution is 7.85. The van der Waals surface area contributed by atoms with Crippen LogP contribution in [0, 0.1) is 23.7 Å². The Labute approximate surface area is 263 Å². The van der Waals surface area contributed by atoms with Gasteiger partial charge < -0.3 is 5.32 Å². The summed E-state index contributed by atoms with van der Waals surface area (Å²) in [5.41, 5.74) is 0.405. The van der Waals surface area contributed by atoms with Crippen molar-refractivity contribution < 1.29 is 18.6 Å². The van der Waals surface area contributed by atoms with Crippen molar-refractivity contribution in [1.29, 1.82) is 0 Å². The largest absolute Gasteiger partial charge is 0.353 e. The van der Waals surface area contributed by atoms with Crippen LogP contribution in [0.5, 0.6) is 0 Å². The Balaban J connectivity index is 1.79. The molecule has 0 radical (unpaired) electrons. The quantitative estimate of drug-likeness (QED) is 0.0967. The van der Waals surface area contributed by atoms with E-state index in [1.54, 1.807) is 0 Å². The topological polar surface area (TPSA) is 104 Å². The zero-order valence-electron chi connectivity index (χ0n) is 27.6. The second-order valence-electron chi connectivity index (χ2n) is 13.6. The Kier molecular flexibility index (Phi) is 13.8. The molecule has 2 fully saturated rings. The Bertz CT molecular complexity index is 1030. The number of Topliss-reactive ketones (excluding diaryl/α,β-unsaturated/α-hetero) is 2. The van der Waals surface area contributed by atoms with Crippen molar-refractivity contribution in [3.63, 3.8) is 0 Å². The molecule has 0 aromatic heterocycles. The first-order valence-electron chi connectivity index (χ1n) is 17.1. The molecule has 0 spiro atoms. The van der Waals surface area contributed by atoms with Gasteiger partial charge in [-0.1, -0.05) is 90.5 Å².